The lowest BCUT2D eigenvalue weighted by molar-refractivity contribution is -0.385. The van der Waals surface area contributed by atoms with Gasteiger partial charge in [0.15, 0.2) is 0 Å². The average molecular weight is 390 g/mol. The molecule has 7 nitrogen and oxygen atoms in total. The summed E-state index contributed by atoms with van der Waals surface area (Å²) in [6, 6.07) is 4.52. The molecule has 1 N–H and O–H groups in total. The SMILES string of the molecule is Cc1ccc([N+](=O)[O-])cc1S(=O)(=O)N1CCC(C2CCCN2)CC1.Cl. The van der Waals surface area contributed by atoms with E-state index in [0.717, 1.165) is 19.4 Å². The van der Waals surface area contributed by atoms with Crippen LogP contribution < -0.4 is 5.32 Å². The Bertz CT molecular complexity index is 727. The summed E-state index contributed by atoms with van der Waals surface area (Å²) in [5.74, 6) is 0.519. The fourth-order valence-corrected chi connectivity index (χ4v) is 5.47. The van der Waals surface area contributed by atoms with Gasteiger partial charge in [0.25, 0.3) is 5.69 Å². The van der Waals surface area contributed by atoms with Crippen LogP contribution in [0.4, 0.5) is 5.69 Å². The number of rotatable bonds is 4. The van der Waals surface area contributed by atoms with Gasteiger partial charge in [-0.2, -0.15) is 4.31 Å². The minimum atomic E-state index is -3.69. The molecule has 2 saturated heterocycles. The fourth-order valence-electron chi connectivity index (χ4n) is 3.75. The highest BCUT2D eigenvalue weighted by atomic mass is 35.5. The van der Waals surface area contributed by atoms with Gasteiger partial charge in [0.1, 0.15) is 0 Å². The number of nitro groups is 1. The number of benzene rings is 1. The van der Waals surface area contributed by atoms with Crippen molar-refractivity contribution in [1.29, 1.82) is 0 Å². The lowest BCUT2D eigenvalue weighted by Crippen LogP contribution is -2.43. The number of nitrogens with zero attached hydrogens (tertiary/aromatic N) is 2. The Hall–Kier alpha value is -1.22. The van der Waals surface area contributed by atoms with Gasteiger partial charge >= 0.3 is 0 Å². The zero-order valence-corrected chi connectivity index (χ0v) is 15.8. The zero-order chi connectivity index (χ0) is 17.3. The summed E-state index contributed by atoms with van der Waals surface area (Å²) in [6.07, 6.45) is 4.03. The Morgan fingerprint density at radius 3 is 2.48 bits per heavy atom. The van der Waals surface area contributed by atoms with Crippen LogP contribution in [0.15, 0.2) is 23.1 Å². The number of nitrogens with one attached hydrogen (secondary N) is 1. The maximum absolute atomic E-state index is 12.9. The van der Waals surface area contributed by atoms with E-state index >= 15 is 0 Å². The summed E-state index contributed by atoms with van der Waals surface area (Å²) in [6.45, 7) is 3.68. The minimum absolute atomic E-state index is 0. The van der Waals surface area contributed by atoms with Crippen LogP contribution in [0.5, 0.6) is 0 Å². The van der Waals surface area contributed by atoms with Crippen LogP contribution in [0, 0.1) is 23.0 Å². The second kappa shape index (κ2) is 7.99. The van der Waals surface area contributed by atoms with Crippen molar-refractivity contribution in [3.05, 3.63) is 33.9 Å². The first-order valence-corrected chi connectivity index (χ1v) is 9.82. The summed E-state index contributed by atoms with van der Waals surface area (Å²) >= 11 is 0. The van der Waals surface area contributed by atoms with Crippen molar-refractivity contribution >= 4 is 28.1 Å². The van der Waals surface area contributed by atoms with Crippen molar-refractivity contribution in [3.8, 4) is 0 Å². The topological polar surface area (TPSA) is 92.5 Å². The van der Waals surface area contributed by atoms with Gasteiger partial charge in [-0.1, -0.05) is 6.07 Å². The van der Waals surface area contributed by atoms with E-state index in [2.05, 4.69) is 5.32 Å². The molecular formula is C16H24ClN3O4S. The third-order valence-corrected chi connectivity index (χ3v) is 7.21. The van der Waals surface area contributed by atoms with Crippen LogP contribution in [-0.2, 0) is 10.0 Å². The Morgan fingerprint density at radius 1 is 1.24 bits per heavy atom. The Morgan fingerprint density at radius 2 is 1.92 bits per heavy atom. The summed E-state index contributed by atoms with van der Waals surface area (Å²) in [5.41, 5.74) is 0.351. The average Bonchev–Trinajstić information content (AvgIpc) is 3.09. The third kappa shape index (κ3) is 4.13. The van der Waals surface area contributed by atoms with Gasteiger partial charge in [-0.05, 0) is 50.6 Å². The maximum atomic E-state index is 12.9. The molecule has 1 aromatic rings. The Balaban J connectivity index is 0.00000225. The van der Waals surface area contributed by atoms with E-state index in [0.29, 0.717) is 30.6 Å². The highest BCUT2D eigenvalue weighted by Gasteiger charge is 2.34. The van der Waals surface area contributed by atoms with Gasteiger partial charge < -0.3 is 5.32 Å². The second-order valence-electron chi connectivity index (χ2n) is 6.65. The van der Waals surface area contributed by atoms with E-state index in [4.69, 9.17) is 0 Å². The normalized spacial score (nSPS) is 22.5. The number of non-ortho nitro benzene ring substituents is 1. The standard InChI is InChI=1S/C16H23N3O4S.ClH/c1-12-4-5-14(19(20)21)11-16(12)24(22,23)18-9-6-13(7-10-18)15-3-2-8-17-15;/h4-5,11,13,15,17H,2-3,6-10H2,1H3;1H. The zero-order valence-electron chi connectivity index (χ0n) is 14.2. The second-order valence-corrected chi connectivity index (χ2v) is 8.56. The number of hydrogen-bond acceptors (Lipinski definition) is 5. The predicted octanol–water partition coefficient (Wildman–Crippen LogP) is 2.48. The molecule has 0 aromatic heterocycles. The number of piperidine rings is 1. The smallest absolute Gasteiger partial charge is 0.270 e. The van der Waals surface area contributed by atoms with E-state index in [1.165, 1.54) is 35.3 Å². The van der Waals surface area contributed by atoms with Crippen LogP contribution in [0.25, 0.3) is 0 Å². The lowest BCUT2D eigenvalue weighted by atomic mass is 9.89. The van der Waals surface area contributed by atoms with E-state index < -0.39 is 14.9 Å². The van der Waals surface area contributed by atoms with Gasteiger partial charge in [-0.3, -0.25) is 10.1 Å². The molecule has 2 heterocycles. The van der Waals surface area contributed by atoms with Crippen molar-refractivity contribution in [2.24, 2.45) is 5.92 Å². The number of hydrogen-bond donors (Lipinski definition) is 1. The highest BCUT2D eigenvalue weighted by molar-refractivity contribution is 7.89. The van der Waals surface area contributed by atoms with E-state index in [1.54, 1.807) is 6.92 Å². The molecule has 1 unspecified atom stereocenters. The van der Waals surface area contributed by atoms with Gasteiger partial charge in [0.05, 0.1) is 9.82 Å². The molecule has 9 heteroatoms. The predicted molar refractivity (Wildman–Crippen MR) is 97.6 cm³/mol. The van der Waals surface area contributed by atoms with Crippen molar-refractivity contribution < 1.29 is 13.3 Å². The number of sulfonamides is 1. The van der Waals surface area contributed by atoms with Crippen molar-refractivity contribution in [1.82, 2.24) is 9.62 Å². The molecule has 0 saturated carbocycles. The fraction of sp³-hybridized carbons (Fsp3) is 0.625. The molecule has 2 fully saturated rings. The molecular weight excluding hydrogens is 366 g/mol. The maximum Gasteiger partial charge on any atom is 0.270 e. The molecule has 0 aliphatic carbocycles. The number of aryl methyl sites for hydroxylation is 1. The largest absolute Gasteiger partial charge is 0.314 e. The first kappa shape index (κ1) is 20.1. The molecule has 140 valence electrons. The van der Waals surface area contributed by atoms with Gasteiger partial charge in [-0.15, -0.1) is 12.4 Å². The van der Waals surface area contributed by atoms with Gasteiger partial charge in [0.2, 0.25) is 10.0 Å². The molecule has 0 spiro atoms. The van der Waals surface area contributed by atoms with Crippen molar-refractivity contribution in [2.45, 2.75) is 43.5 Å². The monoisotopic (exact) mass is 389 g/mol. The molecule has 0 bridgehead atoms. The van der Waals surface area contributed by atoms with Gasteiger partial charge in [-0.25, -0.2) is 8.42 Å². The highest BCUT2D eigenvalue weighted by Crippen LogP contribution is 2.30. The summed E-state index contributed by atoms with van der Waals surface area (Å²) in [7, 11) is -3.69. The first-order valence-electron chi connectivity index (χ1n) is 8.38. The van der Waals surface area contributed by atoms with E-state index in [-0.39, 0.29) is 23.0 Å². The van der Waals surface area contributed by atoms with E-state index in [1.807, 2.05) is 0 Å². The minimum Gasteiger partial charge on any atom is -0.314 e. The van der Waals surface area contributed by atoms with Crippen LogP contribution in [0.2, 0.25) is 0 Å². The molecule has 3 rings (SSSR count). The molecule has 25 heavy (non-hydrogen) atoms. The number of nitro benzene ring substituents is 1. The van der Waals surface area contributed by atoms with Crippen LogP contribution >= 0.6 is 12.4 Å². The molecule has 2 aliphatic heterocycles. The summed E-state index contributed by atoms with van der Waals surface area (Å²) in [4.78, 5) is 10.4. The quantitative estimate of drug-likeness (QED) is 0.630. The number of halogens is 1. The van der Waals surface area contributed by atoms with E-state index in [9.17, 15) is 18.5 Å². The molecule has 1 atom stereocenters. The van der Waals surface area contributed by atoms with Crippen molar-refractivity contribution in [3.63, 3.8) is 0 Å². The Labute approximate surface area is 154 Å². The molecule has 1 aromatic carbocycles. The molecule has 2 aliphatic rings. The van der Waals surface area contributed by atoms with Crippen molar-refractivity contribution in [2.75, 3.05) is 19.6 Å². The van der Waals surface area contributed by atoms with Crippen LogP contribution in [-0.4, -0.2) is 43.3 Å². The summed E-state index contributed by atoms with van der Waals surface area (Å²) < 4.78 is 27.3. The third-order valence-electron chi connectivity index (χ3n) is 5.17. The lowest BCUT2D eigenvalue weighted by Gasteiger charge is -2.34. The molecule has 0 radical (unpaired) electrons. The van der Waals surface area contributed by atoms with Crippen LogP contribution in [0.3, 0.4) is 0 Å². The van der Waals surface area contributed by atoms with Crippen LogP contribution in [0.1, 0.15) is 31.2 Å². The molecule has 0 amide bonds. The van der Waals surface area contributed by atoms with Gasteiger partial charge in [0, 0.05) is 31.3 Å². The first-order chi connectivity index (χ1) is 11.4. The summed E-state index contributed by atoms with van der Waals surface area (Å²) in [5, 5.41) is 14.4. The Kier molecular flexibility index (Phi) is 6.42.